The zero-order chi connectivity index (χ0) is 33.7. The Kier molecular flexibility index (Phi) is 10.6. The van der Waals surface area contributed by atoms with Gasteiger partial charge in [0.25, 0.3) is 5.91 Å². The van der Waals surface area contributed by atoms with Crippen molar-refractivity contribution in [1.82, 2.24) is 25.1 Å². The maximum absolute atomic E-state index is 13.3. The lowest BCUT2D eigenvalue weighted by Gasteiger charge is -2.27. The van der Waals surface area contributed by atoms with Gasteiger partial charge in [-0.3, -0.25) is 19.4 Å². The molecule has 47 heavy (non-hydrogen) atoms. The van der Waals surface area contributed by atoms with E-state index in [0.29, 0.717) is 36.9 Å². The Morgan fingerprint density at radius 1 is 1.09 bits per heavy atom. The normalized spacial score (nSPS) is 18.1. The zero-order valence-corrected chi connectivity index (χ0v) is 26.5. The van der Waals surface area contributed by atoms with E-state index in [1.807, 2.05) is 0 Å². The monoisotopic (exact) mass is 653 g/mol. The first kappa shape index (κ1) is 33.7. The lowest BCUT2D eigenvalue weighted by atomic mass is 9.91. The summed E-state index contributed by atoms with van der Waals surface area (Å²) in [5.74, 6) is -1.39. The maximum atomic E-state index is 13.3. The first-order chi connectivity index (χ1) is 22.5. The molecule has 10 nitrogen and oxygen atoms in total. The van der Waals surface area contributed by atoms with Crippen LogP contribution in [0, 0.1) is 17.7 Å². The summed E-state index contributed by atoms with van der Waals surface area (Å²) in [4.78, 5) is 50.5. The highest BCUT2D eigenvalue weighted by Crippen LogP contribution is 2.40. The molecule has 2 fully saturated rings. The van der Waals surface area contributed by atoms with Crippen molar-refractivity contribution < 1.29 is 37.0 Å². The number of carbonyl (C=O) groups is 3. The van der Waals surface area contributed by atoms with E-state index in [2.05, 4.69) is 20.0 Å². The van der Waals surface area contributed by atoms with Crippen LogP contribution >= 0.6 is 0 Å². The molecule has 2 aromatic heterocycles. The second kappa shape index (κ2) is 14.8. The molecule has 0 radical (unpaired) electrons. The topological polar surface area (TPSA) is 114 Å². The highest BCUT2D eigenvalue weighted by Gasteiger charge is 2.40. The van der Waals surface area contributed by atoms with Crippen molar-refractivity contribution in [2.45, 2.75) is 64.8 Å². The van der Waals surface area contributed by atoms with Gasteiger partial charge in [0.05, 0.1) is 43.2 Å². The number of carbonyl (C=O) groups excluding carboxylic acids is 3. The van der Waals surface area contributed by atoms with Gasteiger partial charge >= 0.3 is 6.61 Å². The fraction of sp³-hybridized carbons (Fsp3) is 0.441. The molecule has 5 rings (SSSR count). The molecule has 1 saturated carbocycles. The van der Waals surface area contributed by atoms with Crippen molar-refractivity contribution in [3.63, 3.8) is 0 Å². The Balaban J connectivity index is 1.21. The lowest BCUT2D eigenvalue weighted by molar-refractivity contribution is -0.133. The smallest absolute Gasteiger partial charge is 0.387 e. The molecule has 250 valence electrons. The molecule has 1 saturated heterocycles. The third kappa shape index (κ3) is 8.78. The molecule has 1 aliphatic carbocycles. The number of amides is 3. The third-order valence-corrected chi connectivity index (χ3v) is 8.57. The second-order valence-corrected chi connectivity index (χ2v) is 12.2. The summed E-state index contributed by atoms with van der Waals surface area (Å²) in [6.07, 6.45) is 3.65. The van der Waals surface area contributed by atoms with Crippen LogP contribution in [0.15, 0.2) is 54.7 Å². The largest absolute Gasteiger partial charge is 0.489 e. The number of rotatable bonds is 13. The summed E-state index contributed by atoms with van der Waals surface area (Å²) in [6.45, 7) is 1.24. The van der Waals surface area contributed by atoms with Gasteiger partial charge in [0.15, 0.2) is 11.5 Å². The number of nitrogens with one attached hydrogen (secondary N) is 1. The predicted octanol–water partition coefficient (Wildman–Crippen LogP) is 4.94. The standard InChI is InChI=1S/C34H38F3N5O5/c1-20(32(44)39-16-26-5-4-6-28(40-26)33(45)41(3)18-27-11-10-25(35)15-38-27)29-13-24(17-42(29)21(2)43)23-9-12-30(47-34(36)37)31(14-23)46-19-22-7-8-22/h4-6,9-12,14-15,20,22,24,29,34H,7-8,13,16-19H2,1-3H3,(H,39,44)/t20-,24?,29-/m1/s1. The molecule has 0 spiro atoms. The molecule has 0 bridgehead atoms. The van der Waals surface area contributed by atoms with Gasteiger partial charge in [-0.15, -0.1) is 0 Å². The number of halogens is 3. The van der Waals surface area contributed by atoms with Crippen molar-refractivity contribution in [3.8, 4) is 11.5 Å². The molecule has 1 unspecified atom stereocenters. The van der Waals surface area contributed by atoms with Gasteiger partial charge in [-0.2, -0.15) is 8.78 Å². The molecular formula is C34H38F3N5O5. The number of nitrogens with zero attached hydrogens (tertiary/aromatic N) is 4. The van der Waals surface area contributed by atoms with E-state index < -0.39 is 24.4 Å². The summed E-state index contributed by atoms with van der Waals surface area (Å²) in [5.41, 5.74) is 1.99. The van der Waals surface area contributed by atoms with Crippen molar-refractivity contribution in [2.75, 3.05) is 20.2 Å². The number of aromatic nitrogens is 2. The highest BCUT2D eigenvalue weighted by molar-refractivity contribution is 5.92. The van der Waals surface area contributed by atoms with Gasteiger partial charge in [-0.05, 0) is 67.1 Å². The summed E-state index contributed by atoms with van der Waals surface area (Å²) in [7, 11) is 1.59. The van der Waals surface area contributed by atoms with Gasteiger partial charge in [-0.25, -0.2) is 9.37 Å². The lowest BCUT2D eigenvalue weighted by Crippen LogP contribution is -2.44. The average Bonchev–Trinajstić information content (AvgIpc) is 3.78. The SMILES string of the molecule is CC(=O)N1CC(c2ccc(OC(F)F)c(OCC3CC3)c2)C[C@@H]1[C@@H](C)C(=O)NCc1cccc(C(=O)N(C)Cc2ccc(F)cn2)n1. The zero-order valence-electron chi connectivity index (χ0n) is 26.5. The Hall–Kier alpha value is -4.68. The minimum atomic E-state index is -2.99. The summed E-state index contributed by atoms with van der Waals surface area (Å²) >= 11 is 0. The predicted molar refractivity (Wildman–Crippen MR) is 165 cm³/mol. The van der Waals surface area contributed by atoms with Crippen LogP contribution in [-0.4, -0.2) is 70.3 Å². The fourth-order valence-electron chi connectivity index (χ4n) is 5.74. The Bertz CT molecular complexity index is 1590. The van der Waals surface area contributed by atoms with E-state index in [0.717, 1.165) is 24.6 Å². The number of hydrogen-bond acceptors (Lipinski definition) is 7. The quantitative estimate of drug-likeness (QED) is 0.278. The van der Waals surface area contributed by atoms with Crippen LogP contribution in [0.25, 0.3) is 0 Å². The Morgan fingerprint density at radius 3 is 2.55 bits per heavy atom. The van der Waals surface area contributed by atoms with E-state index in [-0.39, 0.29) is 53.9 Å². The van der Waals surface area contributed by atoms with Gasteiger partial charge < -0.3 is 24.6 Å². The fourth-order valence-corrected chi connectivity index (χ4v) is 5.74. The number of benzene rings is 1. The second-order valence-electron chi connectivity index (χ2n) is 12.2. The molecule has 1 N–H and O–H groups in total. The van der Waals surface area contributed by atoms with E-state index in [1.54, 1.807) is 49.2 Å². The van der Waals surface area contributed by atoms with Crippen molar-refractivity contribution in [2.24, 2.45) is 11.8 Å². The van der Waals surface area contributed by atoms with Crippen LogP contribution < -0.4 is 14.8 Å². The van der Waals surface area contributed by atoms with Crippen molar-refractivity contribution >= 4 is 17.7 Å². The van der Waals surface area contributed by atoms with Crippen LogP contribution in [0.2, 0.25) is 0 Å². The highest BCUT2D eigenvalue weighted by atomic mass is 19.3. The Labute approximate surface area is 271 Å². The van der Waals surface area contributed by atoms with Crippen LogP contribution in [0.5, 0.6) is 11.5 Å². The summed E-state index contributed by atoms with van der Waals surface area (Å²) in [6, 6.07) is 12.2. The molecule has 1 aliphatic heterocycles. The van der Waals surface area contributed by atoms with E-state index >= 15 is 0 Å². The molecule has 1 aromatic carbocycles. The molecule has 3 atom stereocenters. The van der Waals surface area contributed by atoms with Gasteiger partial charge in [-0.1, -0.05) is 19.1 Å². The van der Waals surface area contributed by atoms with Gasteiger partial charge in [0.1, 0.15) is 11.5 Å². The van der Waals surface area contributed by atoms with Crippen LogP contribution in [0.3, 0.4) is 0 Å². The van der Waals surface area contributed by atoms with Crippen LogP contribution in [0.1, 0.15) is 66.5 Å². The maximum Gasteiger partial charge on any atom is 0.387 e. The number of ether oxygens (including phenoxy) is 2. The molecular weight excluding hydrogens is 615 g/mol. The number of pyridine rings is 2. The summed E-state index contributed by atoms with van der Waals surface area (Å²) in [5, 5.41) is 2.88. The summed E-state index contributed by atoms with van der Waals surface area (Å²) < 4.78 is 49.7. The van der Waals surface area contributed by atoms with Crippen molar-refractivity contribution in [3.05, 3.63) is 83.2 Å². The molecule has 2 aliphatic rings. The molecule has 3 aromatic rings. The average molecular weight is 654 g/mol. The van der Waals surface area contributed by atoms with E-state index in [1.165, 1.54) is 30.0 Å². The van der Waals surface area contributed by atoms with Gasteiger partial charge in [0, 0.05) is 32.5 Å². The molecule has 3 amide bonds. The molecule has 13 heteroatoms. The van der Waals surface area contributed by atoms with Gasteiger partial charge in [0.2, 0.25) is 11.8 Å². The minimum Gasteiger partial charge on any atom is -0.489 e. The number of likely N-dealkylation sites (tertiary alicyclic amines) is 1. The van der Waals surface area contributed by atoms with Crippen molar-refractivity contribution in [1.29, 1.82) is 0 Å². The molecule has 3 heterocycles. The first-order valence-electron chi connectivity index (χ1n) is 15.6. The van der Waals surface area contributed by atoms with Crippen LogP contribution in [0.4, 0.5) is 13.2 Å². The first-order valence-corrected chi connectivity index (χ1v) is 15.6. The third-order valence-electron chi connectivity index (χ3n) is 8.57. The van der Waals surface area contributed by atoms with E-state index in [9.17, 15) is 27.6 Å². The Morgan fingerprint density at radius 2 is 1.87 bits per heavy atom. The van der Waals surface area contributed by atoms with Crippen LogP contribution in [-0.2, 0) is 22.7 Å². The minimum absolute atomic E-state index is 0.0361. The number of hydrogen-bond donors (Lipinski definition) is 1. The van der Waals surface area contributed by atoms with E-state index in [4.69, 9.17) is 4.74 Å². The number of alkyl halides is 2.